The standard InChI is InChI=1S/C14H7Cl2F3N2/c15-6-13-20-11-3-1-2-7(16)14(11)21(13)12-5-9(18)8(17)4-10(12)19/h1-5H,6H2. The van der Waals surface area contributed by atoms with Crippen LogP contribution in [0.2, 0.25) is 5.02 Å². The Labute approximate surface area is 127 Å². The van der Waals surface area contributed by atoms with Crippen LogP contribution in [0.3, 0.4) is 0 Å². The van der Waals surface area contributed by atoms with Crippen LogP contribution in [0, 0.1) is 17.5 Å². The van der Waals surface area contributed by atoms with Crippen molar-refractivity contribution in [2.24, 2.45) is 0 Å². The van der Waals surface area contributed by atoms with Crippen molar-refractivity contribution in [1.82, 2.24) is 9.55 Å². The van der Waals surface area contributed by atoms with E-state index in [-0.39, 0.29) is 17.4 Å². The van der Waals surface area contributed by atoms with Gasteiger partial charge in [0.15, 0.2) is 11.6 Å². The van der Waals surface area contributed by atoms with E-state index >= 15 is 0 Å². The summed E-state index contributed by atoms with van der Waals surface area (Å²) in [6.07, 6.45) is 0. The Balaban J connectivity index is 2.41. The highest BCUT2D eigenvalue weighted by atomic mass is 35.5. The van der Waals surface area contributed by atoms with E-state index in [0.29, 0.717) is 22.1 Å². The molecule has 0 unspecified atom stereocenters. The van der Waals surface area contributed by atoms with Gasteiger partial charge in [-0.15, -0.1) is 11.6 Å². The number of aromatic nitrogens is 2. The van der Waals surface area contributed by atoms with Crippen LogP contribution < -0.4 is 0 Å². The summed E-state index contributed by atoms with van der Waals surface area (Å²) in [6, 6.07) is 6.18. The molecule has 0 amide bonds. The number of alkyl halides is 1. The Kier molecular flexibility index (Phi) is 3.55. The van der Waals surface area contributed by atoms with Gasteiger partial charge in [-0.3, -0.25) is 4.57 Å². The summed E-state index contributed by atoms with van der Waals surface area (Å²) in [7, 11) is 0. The predicted octanol–water partition coefficient (Wildman–Crippen LogP) is 4.84. The van der Waals surface area contributed by atoms with Crippen molar-refractivity contribution in [1.29, 1.82) is 0 Å². The van der Waals surface area contributed by atoms with Crippen molar-refractivity contribution in [3.05, 3.63) is 58.6 Å². The second-order valence-electron chi connectivity index (χ2n) is 4.32. The topological polar surface area (TPSA) is 17.8 Å². The summed E-state index contributed by atoms with van der Waals surface area (Å²) < 4.78 is 41.9. The van der Waals surface area contributed by atoms with Crippen LogP contribution >= 0.6 is 23.2 Å². The summed E-state index contributed by atoms with van der Waals surface area (Å²) >= 11 is 11.9. The zero-order chi connectivity index (χ0) is 15.1. The molecule has 1 heterocycles. The third-order valence-electron chi connectivity index (χ3n) is 3.05. The Morgan fingerprint density at radius 3 is 2.48 bits per heavy atom. The van der Waals surface area contributed by atoms with E-state index in [1.54, 1.807) is 18.2 Å². The second-order valence-corrected chi connectivity index (χ2v) is 5.00. The largest absolute Gasteiger partial charge is 0.291 e. The van der Waals surface area contributed by atoms with E-state index in [1.165, 1.54) is 4.57 Å². The van der Waals surface area contributed by atoms with Crippen molar-refractivity contribution in [3.8, 4) is 5.69 Å². The van der Waals surface area contributed by atoms with E-state index in [0.717, 1.165) is 6.07 Å². The maximum absolute atomic E-state index is 14.0. The lowest BCUT2D eigenvalue weighted by atomic mass is 10.2. The Bertz CT molecular complexity index is 846. The molecule has 0 N–H and O–H groups in total. The molecule has 0 atom stereocenters. The molecule has 7 heteroatoms. The molecule has 0 saturated heterocycles. The first-order valence-corrected chi connectivity index (χ1v) is 6.81. The fourth-order valence-electron chi connectivity index (χ4n) is 2.17. The highest BCUT2D eigenvalue weighted by Gasteiger charge is 2.19. The Morgan fingerprint density at radius 2 is 1.76 bits per heavy atom. The SMILES string of the molecule is Fc1cc(F)c(-n2c(CCl)nc3cccc(Cl)c32)cc1F. The summed E-state index contributed by atoms with van der Waals surface area (Å²) in [4.78, 5) is 4.23. The molecule has 0 bridgehead atoms. The number of fused-ring (bicyclic) bond motifs is 1. The zero-order valence-electron chi connectivity index (χ0n) is 10.4. The Morgan fingerprint density at radius 1 is 1.05 bits per heavy atom. The number of hydrogen-bond acceptors (Lipinski definition) is 1. The van der Waals surface area contributed by atoms with Crippen LogP contribution in [-0.2, 0) is 5.88 Å². The van der Waals surface area contributed by atoms with Crippen molar-refractivity contribution in [2.75, 3.05) is 0 Å². The minimum atomic E-state index is -1.26. The molecule has 0 saturated carbocycles. The van der Waals surface area contributed by atoms with Crippen LogP contribution in [-0.4, -0.2) is 9.55 Å². The minimum absolute atomic E-state index is 0.0382. The molecule has 0 aliphatic heterocycles. The molecule has 0 aliphatic rings. The van der Waals surface area contributed by atoms with Gasteiger partial charge in [0, 0.05) is 12.1 Å². The van der Waals surface area contributed by atoms with Crippen LogP contribution in [0.4, 0.5) is 13.2 Å². The molecule has 2 aromatic carbocycles. The van der Waals surface area contributed by atoms with Gasteiger partial charge in [0.05, 0.1) is 27.6 Å². The number of nitrogens with zero attached hydrogens (tertiary/aromatic N) is 2. The predicted molar refractivity (Wildman–Crippen MR) is 75.5 cm³/mol. The number of hydrogen-bond donors (Lipinski definition) is 0. The third kappa shape index (κ3) is 2.26. The van der Waals surface area contributed by atoms with Gasteiger partial charge in [-0.25, -0.2) is 18.2 Å². The summed E-state index contributed by atoms with van der Waals surface area (Å²) in [5, 5.41) is 0.306. The van der Waals surface area contributed by atoms with Crippen molar-refractivity contribution < 1.29 is 13.2 Å². The maximum Gasteiger partial charge on any atom is 0.161 e. The molecule has 3 aromatic rings. The summed E-state index contributed by atoms with van der Waals surface area (Å²) in [5.74, 6) is -3.12. The molecule has 3 rings (SSSR count). The van der Waals surface area contributed by atoms with Gasteiger partial charge in [-0.05, 0) is 12.1 Å². The molecule has 21 heavy (non-hydrogen) atoms. The summed E-state index contributed by atoms with van der Waals surface area (Å²) in [6.45, 7) is 0. The minimum Gasteiger partial charge on any atom is -0.291 e. The number of halogens is 5. The lowest BCUT2D eigenvalue weighted by Crippen LogP contribution is -2.04. The monoisotopic (exact) mass is 330 g/mol. The molecule has 0 radical (unpaired) electrons. The Hall–Kier alpha value is -1.72. The smallest absolute Gasteiger partial charge is 0.161 e. The van der Waals surface area contributed by atoms with E-state index in [9.17, 15) is 13.2 Å². The first-order valence-electron chi connectivity index (χ1n) is 5.89. The molecule has 0 aliphatic carbocycles. The molecule has 1 aromatic heterocycles. The molecule has 2 nitrogen and oxygen atoms in total. The maximum atomic E-state index is 14.0. The van der Waals surface area contributed by atoms with Gasteiger partial charge in [-0.1, -0.05) is 17.7 Å². The number of imidazole rings is 1. The van der Waals surface area contributed by atoms with Crippen LogP contribution in [0.1, 0.15) is 5.82 Å². The van der Waals surface area contributed by atoms with Gasteiger partial charge in [0.25, 0.3) is 0 Å². The van der Waals surface area contributed by atoms with Gasteiger partial charge in [-0.2, -0.15) is 0 Å². The van der Waals surface area contributed by atoms with Gasteiger partial charge in [0.2, 0.25) is 0 Å². The second kappa shape index (κ2) is 5.24. The van der Waals surface area contributed by atoms with E-state index in [1.807, 2.05) is 0 Å². The van der Waals surface area contributed by atoms with Crippen molar-refractivity contribution in [2.45, 2.75) is 5.88 Å². The number of rotatable bonds is 2. The third-order valence-corrected chi connectivity index (χ3v) is 3.59. The first kappa shape index (κ1) is 14.2. The van der Waals surface area contributed by atoms with E-state index in [4.69, 9.17) is 23.2 Å². The molecular weight excluding hydrogens is 324 g/mol. The molecule has 108 valence electrons. The zero-order valence-corrected chi connectivity index (χ0v) is 11.9. The van der Waals surface area contributed by atoms with Crippen molar-refractivity contribution >= 4 is 34.2 Å². The van der Waals surface area contributed by atoms with E-state index in [2.05, 4.69) is 4.98 Å². The van der Waals surface area contributed by atoms with E-state index < -0.39 is 17.5 Å². The summed E-state index contributed by atoms with van der Waals surface area (Å²) in [5.41, 5.74) is 0.683. The highest BCUT2D eigenvalue weighted by Crippen LogP contribution is 2.30. The van der Waals surface area contributed by atoms with Gasteiger partial charge >= 0.3 is 0 Å². The lowest BCUT2D eigenvalue weighted by molar-refractivity contribution is 0.493. The fraction of sp³-hybridized carbons (Fsp3) is 0.0714. The van der Waals surface area contributed by atoms with Crippen LogP contribution in [0.15, 0.2) is 30.3 Å². The highest BCUT2D eigenvalue weighted by molar-refractivity contribution is 6.35. The number of benzene rings is 2. The van der Waals surface area contributed by atoms with Crippen LogP contribution in [0.25, 0.3) is 16.7 Å². The first-order chi connectivity index (χ1) is 10.0. The van der Waals surface area contributed by atoms with Crippen molar-refractivity contribution in [3.63, 3.8) is 0 Å². The van der Waals surface area contributed by atoms with Gasteiger partial charge in [0.1, 0.15) is 11.6 Å². The lowest BCUT2D eigenvalue weighted by Gasteiger charge is -2.10. The molecule has 0 spiro atoms. The number of para-hydroxylation sites is 1. The molecule has 0 fully saturated rings. The normalized spacial score (nSPS) is 11.3. The average Bonchev–Trinajstić information content (AvgIpc) is 2.82. The molecular formula is C14H7Cl2F3N2. The average molecular weight is 331 g/mol. The van der Waals surface area contributed by atoms with Crippen LogP contribution in [0.5, 0.6) is 0 Å². The quantitative estimate of drug-likeness (QED) is 0.486. The fourth-order valence-corrected chi connectivity index (χ4v) is 2.60. The van der Waals surface area contributed by atoms with Gasteiger partial charge < -0.3 is 0 Å².